The van der Waals surface area contributed by atoms with Crippen LogP contribution in [-0.2, 0) is 11.3 Å². The lowest BCUT2D eigenvalue weighted by molar-refractivity contribution is 0.0724. The van der Waals surface area contributed by atoms with Crippen molar-refractivity contribution in [3.63, 3.8) is 0 Å². The zero-order chi connectivity index (χ0) is 22.4. The smallest absolute Gasteiger partial charge is 0.254 e. The molecule has 31 heavy (non-hydrogen) atoms. The van der Waals surface area contributed by atoms with E-state index in [2.05, 4.69) is 30.5 Å². The van der Waals surface area contributed by atoms with Crippen LogP contribution in [0.1, 0.15) is 27.9 Å². The van der Waals surface area contributed by atoms with Crippen LogP contribution in [0, 0.1) is 6.92 Å². The van der Waals surface area contributed by atoms with E-state index in [1.165, 1.54) is 4.90 Å². The minimum Gasteiger partial charge on any atom is -0.385 e. The largest absolute Gasteiger partial charge is 0.385 e. The predicted octanol–water partition coefficient (Wildman–Crippen LogP) is 5.01. The lowest BCUT2D eigenvalue weighted by Gasteiger charge is -2.26. The van der Waals surface area contributed by atoms with E-state index in [4.69, 9.17) is 9.72 Å². The summed E-state index contributed by atoms with van der Waals surface area (Å²) in [6.07, 6.45) is 2.85. The number of amides is 1. The molecule has 6 heteroatoms. The van der Waals surface area contributed by atoms with Gasteiger partial charge < -0.3 is 14.5 Å². The SMILES string of the molecule is COCCCN(Cc1cc2ccc(SC)cc2nc1N(C)C)C(=O)c1ccc(C)cc1. The number of methoxy groups -OCH3 is 1. The summed E-state index contributed by atoms with van der Waals surface area (Å²) in [5.41, 5.74) is 3.84. The van der Waals surface area contributed by atoms with Crippen LogP contribution in [0.25, 0.3) is 10.9 Å². The van der Waals surface area contributed by atoms with Crippen molar-refractivity contribution in [2.75, 3.05) is 45.5 Å². The molecule has 5 nitrogen and oxygen atoms in total. The second-order valence-electron chi connectivity index (χ2n) is 7.86. The molecule has 0 aliphatic heterocycles. The van der Waals surface area contributed by atoms with Crippen molar-refractivity contribution in [1.82, 2.24) is 9.88 Å². The molecule has 3 rings (SSSR count). The second kappa shape index (κ2) is 10.6. The van der Waals surface area contributed by atoms with Gasteiger partial charge in [-0.3, -0.25) is 4.79 Å². The number of fused-ring (bicyclic) bond motifs is 1. The number of aryl methyl sites for hydroxylation is 1. The third-order valence-corrected chi connectivity index (χ3v) is 5.95. The lowest BCUT2D eigenvalue weighted by Crippen LogP contribution is -2.33. The number of rotatable bonds is 9. The number of carbonyl (C=O) groups is 1. The van der Waals surface area contributed by atoms with Crippen LogP contribution in [0.2, 0.25) is 0 Å². The van der Waals surface area contributed by atoms with Gasteiger partial charge in [0.05, 0.1) is 5.52 Å². The first kappa shape index (κ1) is 23.1. The monoisotopic (exact) mass is 437 g/mol. The van der Waals surface area contributed by atoms with Gasteiger partial charge in [-0.2, -0.15) is 0 Å². The van der Waals surface area contributed by atoms with E-state index in [9.17, 15) is 4.79 Å². The molecule has 0 aliphatic carbocycles. The van der Waals surface area contributed by atoms with E-state index in [1.807, 2.05) is 55.1 Å². The van der Waals surface area contributed by atoms with Gasteiger partial charge in [-0.15, -0.1) is 11.8 Å². The molecular weight excluding hydrogens is 406 g/mol. The molecule has 0 unspecified atom stereocenters. The van der Waals surface area contributed by atoms with Crippen LogP contribution in [0.3, 0.4) is 0 Å². The number of hydrogen-bond acceptors (Lipinski definition) is 5. The Bertz CT molecular complexity index is 1030. The summed E-state index contributed by atoms with van der Waals surface area (Å²) in [4.78, 5) is 23.4. The molecule has 0 spiro atoms. The van der Waals surface area contributed by atoms with Crippen LogP contribution >= 0.6 is 11.8 Å². The van der Waals surface area contributed by atoms with Crippen LogP contribution in [-0.4, -0.2) is 56.4 Å². The molecule has 1 heterocycles. The highest BCUT2D eigenvalue weighted by molar-refractivity contribution is 7.98. The summed E-state index contributed by atoms with van der Waals surface area (Å²) in [5.74, 6) is 0.915. The minimum absolute atomic E-state index is 0.0265. The van der Waals surface area contributed by atoms with Crippen molar-refractivity contribution in [2.24, 2.45) is 0 Å². The normalized spacial score (nSPS) is 11.0. The van der Waals surface area contributed by atoms with Gasteiger partial charge in [0.25, 0.3) is 5.91 Å². The Morgan fingerprint density at radius 2 is 1.84 bits per heavy atom. The van der Waals surface area contributed by atoms with Gasteiger partial charge in [-0.25, -0.2) is 4.98 Å². The highest BCUT2D eigenvalue weighted by Crippen LogP contribution is 2.27. The molecular formula is C25H31N3O2S. The Balaban J connectivity index is 1.97. The number of thioether (sulfide) groups is 1. The predicted molar refractivity (Wildman–Crippen MR) is 130 cm³/mol. The molecule has 164 valence electrons. The number of pyridine rings is 1. The highest BCUT2D eigenvalue weighted by atomic mass is 32.2. The number of ether oxygens (including phenoxy) is 1. The van der Waals surface area contributed by atoms with Crippen LogP contribution in [0.4, 0.5) is 5.82 Å². The number of anilines is 1. The van der Waals surface area contributed by atoms with Crippen LogP contribution in [0.5, 0.6) is 0 Å². The maximum Gasteiger partial charge on any atom is 0.254 e. The Morgan fingerprint density at radius 3 is 2.48 bits per heavy atom. The fraction of sp³-hybridized carbons (Fsp3) is 0.360. The van der Waals surface area contributed by atoms with Gasteiger partial charge in [0.2, 0.25) is 0 Å². The molecule has 0 saturated carbocycles. The van der Waals surface area contributed by atoms with Gasteiger partial charge in [0.15, 0.2) is 0 Å². The third-order valence-electron chi connectivity index (χ3n) is 5.23. The molecule has 3 aromatic rings. The number of carbonyl (C=O) groups excluding carboxylic acids is 1. The maximum absolute atomic E-state index is 13.3. The van der Waals surface area contributed by atoms with Crippen molar-refractivity contribution in [3.8, 4) is 0 Å². The second-order valence-corrected chi connectivity index (χ2v) is 8.74. The van der Waals surface area contributed by atoms with Gasteiger partial charge in [0, 0.05) is 62.3 Å². The minimum atomic E-state index is 0.0265. The maximum atomic E-state index is 13.3. The van der Waals surface area contributed by atoms with E-state index >= 15 is 0 Å². The molecule has 0 bridgehead atoms. The number of aromatic nitrogens is 1. The Labute approximate surface area is 189 Å². The van der Waals surface area contributed by atoms with E-state index in [0.717, 1.165) is 34.3 Å². The summed E-state index contributed by atoms with van der Waals surface area (Å²) in [6, 6.07) is 16.3. The first-order chi connectivity index (χ1) is 14.9. The van der Waals surface area contributed by atoms with E-state index in [1.54, 1.807) is 18.9 Å². The Kier molecular flexibility index (Phi) is 7.93. The van der Waals surface area contributed by atoms with Crippen molar-refractivity contribution in [3.05, 3.63) is 65.2 Å². The van der Waals surface area contributed by atoms with Crippen molar-refractivity contribution in [1.29, 1.82) is 0 Å². The summed E-state index contributed by atoms with van der Waals surface area (Å²) in [6.45, 7) is 3.76. The number of nitrogens with zero attached hydrogens (tertiary/aromatic N) is 3. The zero-order valence-corrected chi connectivity index (χ0v) is 19.8. The fourth-order valence-electron chi connectivity index (χ4n) is 3.55. The van der Waals surface area contributed by atoms with Gasteiger partial charge in [-0.05, 0) is 49.9 Å². The zero-order valence-electron chi connectivity index (χ0n) is 19.0. The number of hydrogen-bond donors (Lipinski definition) is 0. The highest BCUT2D eigenvalue weighted by Gasteiger charge is 2.19. The molecule has 0 fully saturated rings. The van der Waals surface area contributed by atoms with Crippen LogP contribution < -0.4 is 4.90 Å². The van der Waals surface area contributed by atoms with Gasteiger partial charge >= 0.3 is 0 Å². The van der Waals surface area contributed by atoms with Crippen LogP contribution in [0.15, 0.2) is 53.4 Å². The van der Waals surface area contributed by atoms with E-state index in [0.29, 0.717) is 25.3 Å². The topological polar surface area (TPSA) is 45.7 Å². The quantitative estimate of drug-likeness (QED) is 0.348. The van der Waals surface area contributed by atoms with Crippen molar-refractivity contribution < 1.29 is 9.53 Å². The molecule has 0 aliphatic rings. The van der Waals surface area contributed by atoms with Gasteiger partial charge in [-0.1, -0.05) is 23.8 Å². The molecule has 1 aromatic heterocycles. The molecule has 0 saturated heterocycles. The van der Waals surface area contributed by atoms with Crippen molar-refractivity contribution >= 4 is 34.4 Å². The Hall–Kier alpha value is -2.57. The number of benzene rings is 2. The average Bonchev–Trinajstić information content (AvgIpc) is 2.77. The lowest BCUT2D eigenvalue weighted by atomic mass is 10.1. The molecule has 0 N–H and O–H groups in total. The molecule has 0 atom stereocenters. The summed E-state index contributed by atoms with van der Waals surface area (Å²) < 4.78 is 5.22. The first-order valence-corrected chi connectivity index (χ1v) is 11.6. The standard InChI is InChI=1S/C25H31N3O2S/c1-18-7-9-19(10-8-18)25(29)28(13-6-14-30-4)17-21-15-20-11-12-22(31-5)16-23(20)26-24(21)27(2)3/h7-12,15-16H,6,13-14,17H2,1-5H3. The Morgan fingerprint density at radius 1 is 1.10 bits per heavy atom. The first-order valence-electron chi connectivity index (χ1n) is 10.4. The third kappa shape index (κ3) is 5.77. The summed E-state index contributed by atoms with van der Waals surface area (Å²) in [5, 5.41) is 1.08. The fourth-order valence-corrected chi connectivity index (χ4v) is 3.98. The molecule has 1 amide bonds. The van der Waals surface area contributed by atoms with E-state index < -0.39 is 0 Å². The van der Waals surface area contributed by atoms with Gasteiger partial charge in [0.1, 0.15) is 5.82 Å². The van der Waals surface area contributed by atoms with Crippen molar-refractivity contribution in [2.45, 2.75) is 24.8 Å². The molecule has 2 aromatic carbocycles. The molecule has 0 radical (unpaired) electrons. The average molecular weight is 438 g/mol. The summed E-state index contributed by atoms with van der Waals surface area (Å²) >= 11 is 1.71. The summed E-state index contributed by atoms with van der Waals surface area (Å²) in [7, 11) is 5.67. The van der Waals surface area contributed by atoms with E-state index in [-0.39, 0.29) is 5.91 Å².